The van der Waals surface area contributed by atoms with E-state index in [0.29, 0.717) is 11.8 Å². The highest BCUT2D eigenvalue weighted by atomic mass is 32.2. The van der Waals surface area contributed by atoms with Crippen molar-refractivity contribution < 1.29 is 9.53 Å². The standard InChI is InChI=1S/C14H19NO2S/c1-11-9-15(6-7-18-11)10-14(16)12-4-3-5-13(8-12)17-2/h3-5,8,11H,6-7,9-10H2,1-2H3. The lowest BCUT2D eigenvalue weighted by atomic mass is 10.1. The van der Waals surface area contributed by atoms with Gasteiger partial charge in [-0.25, -0.2) is 0 Å². The average molecular weight is 265 g/mol. The Morgan fingerprint density at radius 2 is 2.39 bits per heavy atom. The molecule has 1 aromatic carbocycles. The number of nitrogens with zero attached hydrogens (tertiary/aromatic N) is 1. The summed E-state index contributed by atoms with van der Waals surface area (Å²) in [7, 11) is 1.62. The third-order valence-corrected chi connectivity index (χ3v) is 4.22. The highest BCUT2D eigenvalue weighted by molar-refractivity contribution is 7.99. The monoisotopic (exact) mass is 265 g/mol. The summed E-state index contributed by atoms with van der Waals surface area (Å²) in [6, 6.07) is 7.38. The number of thioether (sulfide) groups is 1. The van der Waals surface area contributed by atoms with E-state index in [-0.39, 0.29) is 5.78 Å². The molecule has 1 aliphatic rings. The molecular formula is C14H19NO2S. The van der Waals surface area contributed by atoms with Crippen LogP contribution in [-0.4, -0.2) is 48.4 Å². The molecule has 3 nitrogen and oxygen atoms in total. The number of carbonyl (C=O) groups is 1. The highest BCUT2D eigenvalue weighted by Crippen LogP contribution is 2.19. The van der Waals surface area contributed by atoms with Crippen LogP contribution in [0.2, 0.25) is 0 Å². The van der Waals surface area contributed by atoms with Gasteiger partial charge in [-0.1, -0.05) is 19.1 Å². The number of hydrogen-bond acceptors (Lipinski definition) is 4. The van der Waals surface area contributed by atoms with Crippen molar-refractivity contribution >= 4 is 17.5 Å². The smallest absolute Gasteiger partial charge is 0.176 e. The zero-order valence-electron chi connectivity index (χ0n) is 10.9. The summed E-state index contributed by atoms with van der Waals surface area (Å²) in [5.41, 5.74) is 0.736. The van der Waals surface area contributed by atoms with Crippen molar-refractivity contribution in [2.45, 2.75) is 12.2 Å². The molecule has 1 heterocycles. The fourth-order valence-corrected chi connectivity index (χ4v) is 3.21. The molecule has 0 N–H and O–H groups in total. The molecule has 1 aliphatic heterocycles. The van der Waals surface area contributed by atoms with Gasteiger partial charge in [0.2, 0.25) is 0 Å². The van der Waals surface area contributed by atoms with Crippen molar-refractivity contribution in [2.75, 3.05) is 32.5 Å². The minimum absolute atomic E-state index is 0.174. The van der Waals surface area contributed by atoms with Gasteiger partial charge in [-0.15, -0.1) is 0 Å². The Hall–Kier alpha value is -1.00. The Balaban J connectivity index is 1.98. The van der Waals surface area contributed by atoms with Crippen LogP contribution in [0.5, 0.6) is 5.75 Å². The molecule has 0 saturated carbocycles. The first kappa shape index (κ1) is 13.4. The Bertz CT molecular complexity index is 422. The molecule has 1 atom stereocenters. The quantitative estimate of drug-likeness (QED) is 0.781. The lowest BCUT2D eigenvalue weighted by molar-refractivity contribution is 0.0933. The first-order valence-corrected chi connectivity index (χ1v) is 7.25. The SMILES string of the molecule is COc1cccc(C(=O)CN2CCSC(C)C2)c1. The summed E-state index contributed by atoms with van der Waals surface area (Å²) in [5, 5.41) is 0.622. The first-order valence-electron chi connectivity index (χ1n) is 6.20. The maximum atomic E-state index is 12.2. The van der Waals surface area contributed by atoms with Crippen LogP contribution in [0.3, 0.4) is 0 Å². The van der Waals surface area contributed by atoms with E-state index >= 15 is 0 Å². The largest absolute Gasteiger partial charge is 0.497 e. The van der Waals surface area contributed by atoms with Crippen molar-refractivity contribution in [1.29, 1.82) is 0 Å². The van der Waals surface area contributed by atoms with Crippen LogP contribution >= 0.6 is 11.8 Å². The van der Waals surface area contributed by atoms with Crippen LogP contribution in [-0.2, 0) is 0 Å². The fraction of sp³-hybridized carbons (Fsp3) is 0.500. The number of Topliss-reactive ketones (excluding diaryl/α,β-unsaturated/α-hetero) is 1. The van der Waals surface area contributed by atoms with E-state index in [2.05, 4.69) is 11.8 Å². The second-order valence-electron chi connectivity index (χ2n) is 4.57. The molecule has 18 heavy (non-hydrogen) atoms. The van der Waals surface area contributed by atoms with Crippen LogP contribution in [0.1, 0.15) is 17.3 Å². The first-order chi connectivity index (χ1) is 8.69. The van der Waals surface area contributed by atoms with Gasteiger partial charge in [-0.2, -0.15) is 11.8 Å². The van der Waals surface area contributed by atoms with Crippen molar-refractivity contribution in [2.24, 2.45) is 0 Å². The predicted octanol–water partition coefficient (Wildman–Crippen LogP) is 2.32. The summed E-state index contributed by atoms with van der Waals surface area (Å²) in [4.78, 5) is 14.4. The summed E-state index contributed by atoms with van der Waals surface area (Å²) in [6.45, 7) is 4.73. The van der Waals surface area contributed by atoms with E-state index in [9.17, 15) is 4.79 Å². The fourth-order valence-electron chi connectivity index (χ4n) is 2.13. The average Bonchev–Trinajstić information content (AvgIpc) is 2.39. The van der Waals surface area contributed by atoms with Gasteiger partial charge in [0, 0.05) is 29.7 Å². The van der Waals surface area contributed by atoms with E-state index in [4.69, 9.17) is 4.74 Å². The summed E-state index contributed by atoms with van der Waals surface area (Å²) >= 11 is 1.98. The van der Waals surface area contributed by atoms with E-state index < -0.39 is 0 Å². The van der Waals surface area contributed by atoms with Gasteiger partial charge in [-0.3, -0.25) is 9.69 Å². The van der Waals surface area contributed by atoms with Crippen molar-refractivity contribution in [3.05, 3.63) is 29.8 Å². The number of ether oxygens (including phenoxy) is 1. The number of ketones is 1. The molecule has 98 valence electrons. The predicted molar refractivity (Wildman–Crippen MR) is 75.7 cm³/mol. The lowest BCUT2D eigenvalue weighted by Crippen LogP contribution is -2.39. The van der Waals surface area contributed by atoms with Gasteiger partial charge in [-0.05, 0) is 12.1 Å². The molecule has 4 heteroatoms. The zero-order chi connectivity index (χ0) is 13.0. The molecule has 1 saturated heterocycles. The Kier molecular flexibility index (Phi) is 4.66. The van der Waals surface area contributed by atoms with Gasteiger partial charge in [0.1, 0.15) is 5.75 Å². The summed E-state index contributed by atoms with van der Waals surface area (Å²) < 4.78 is 5.14. The maximum Gasteiger partial charge on any atom is 0.176 e. The topological polar surface area (TPSA) is 29.5 Å². The highest BCUT2D eigenvalue weighted by Gasteiger charge is 2.19. The second-order valence-corrected chi connectivity index (χ2v) is 6.12. The molecular weight excluding hydrogens is 246 g/mol. The van der Waals surface area contributed by atoms with Crippen molar-refractivity contribution in [3.8, 4) is 5.75 Å². The molecule has 1 unspecified atom stereocenters. The van der Waals surface area contributed by atoms with E-state index in [1.165, 1.54) is 0 Å². The molecule has 0 aromatic heterocycles. The maximum absolute atomic E-state index is 12.2. The van der Waals surface area contributed by atoms with E-state index in [1.54, 1.807) is 7.11 Å². The molecule has 0 bridgehead atoms. The third-order valence-electron chi connectivity index (χ3n) is 3.08. The zero-order valence-corrected chi connectivity index (χ0v) is 11.7. The van der Waals surface area contributed by atoms with E-state index in [1.807, 2.05) is 36.0 Å². The molecule has 0 aliphatic carbocycles. The Morgan fingerprint density at radius 3 is 3.11 bits per heavy atom. The van der Waals surface area contributed by atoms with Crippen LogP contribution < -0.4 is 4.74 Å². The molecule has 1 fully saturated rings. The Morgan fingerprint density at radius 1 is 1.56 bits per heavy atom. The minimum Gasteiger partial charge on any atom is -0.497 e. The van der Waals surface area contributed by atoms with Crippen molar-refractivity contribution in [1.82, 2.24) is 4.90 Å². The minimum atomic E-state index is 0.174. The third kappa shape index (κ3) is 3.50. The molecule has 0 amide bonds. The number of hydrogen-bond donors (Lipinski definition) is 0. The normalized spacial score (nSPS) is 20.7. The summed E-state index contributed by atoms with van der Waals surface area (Å²) in [5.74, 6) is 2.03. The molecule has 0 spiro atoms. The van der Waals surface area contributed by atoms with E-state index in [0.717, 1.165) is 30.2 Å². The molecule has 2 rings (SSSR count). The van der Waals surface area contributed by atoms with Crippen molar-refractivity contribution in [3.63, 3.8) is 0 Å². The second kappa shape index (κ2) is 6.25. The number of methoxy groups -OCH3 is 1. The van der Waals surface area contributed by atoms with Gasteiger partial charge < -0.3 is 4.74 Å². The van der Waals surface area contributed by atoms with Gasteiger partial charge in [0.15, 0.2) is 5.78 Å². The number of benzene rings is 1. The van der Waals surface area contributed by atoms with Crippen LogP contribution in [0.15, 0.2) is 24.3 Å². The van der Waals surface area contributed by atoms with Crippen LogP contribution in [0, 0.1) is 0 Å². The van der Waals surface area contributed by atoms with Gasteiger partial charge in [0.25, 0.3) is 0 Å². The molecule has 1 aromatic rings. The van der Waals surface area contributed by atoms with Gasteiger partial charge in [0.05, 0.1) is 13.7 Å². The number of rotatable bonds is 4. The van der Waals surface area contributed by atoms with Crippen LogP contribution in [0.25, 0.3) is 0 Å². The summed E-state index contributed by atoms with van der Waals surface area (Å²) in [6.07, 6.45) is 0. The molecule has 0 radical (unpaired) electrons. The number of carbonyl (C=O) groups excluding carboxylic acids is 1. The van der Waals surface area contributed by atoms with Crippen LogP contribution in [0.4, 0.5) is 0 Å². The Labute approximate surface area is 113 Å². The van der Waals surface area contributed by atoms with Gasteiger partial charge >= 0.3 is 0 Å². The lowest BCUT2D eigenvalue weighted by Gasteiger charge is -2.29.